The van der Waals surface area contributed by atoms with Gasteiger partial charge in [0, 0.05) is 6.54 Å². The molecule has 0 saturated carbocycles. The van der Waals surface area contributed by atoms with Crippen LogP contribution in [0.4, 0.5) is 13.2 Å². The topological polar surface area (TPSA) is 61.2 Å². The van der Waals surface area contributed by atoms with E-state index in [4.69, 9.17) is 5.26 Å². The van der Waals surface area contributed by atoms with Gasteiger partial charge in [-0.1, -0.05) is 17.7 Å². The summed E-state index contributed by atoms with van der Waals surface area (Å²) >= 11 is 0. The number of nitriles is 1. The molecule has 1 aromatic carbocycles. The normalized spacial score (nSPS) is 23.4. The third-order valence-corrected chi connectivity index (χ3v) is 6.17. The van der Waals surface area contributed by atoms with Crippen LogP contribution in [0.1, 0.15) is 31.2 Å². The van der Waals surface area contributed by atoms with E-state index in [9.17, 15) is 21.6 Å². The fraction of sp³-hybridized carbons (Fsp3) is 0.533. The van der Waals surface area contributed by atoms with Gasteiger partial charge in [-0.25, -0.2) is 8.42 Å². The zero-order valence-corrected chi connectivity index (χ0v) is 13.4. The molecule has 1 aromatic rings. The number of piperidine rings is 1. The van der Waals surface area contributed by atoms with Gasteiger partial charge in [0.15, 0.2) is 0 Å². The van der Waals surface area contributed by atoms with Crippen molar-refractivity contribution < 1.29 is 21.6 Å². The summed E-state index contributed by atoms with van der Waals surface area (Å²) in [7, 11) is -4.33. The Balaban J connectivity index is 2.57. The lowest BCUT2D eigenvalue weighted by Gasteiger charge is -2.45. The molecule has 1 heterocycles. The molecule has 0 aromatic heterocycles. The molecule has 8 heteroatoms. The third-order valence-electron chi connectivity index (χ3n) is 4.19. The van der Waals surface area contributed by atoms with Gasteiger partial charge >= 0.3 is 6.18 Å². The zero-order valence-electron chi connectivity index (χ0n) is 12.6. The first-order valence-electron chi connectivity index (χ1n) is 7.18. The Morgan fingerprint density at radius 2 is 1.87 bits per heavy atom. The minimum Gasteiger partial charge on any atom is -0.207 e. The number of aryl methyl sites for hydroxylation is 1. The number of hydrogen-bond donors (Lipinski definition) is 0. The predicted octanol–water partition coefficient (Wildman–Crippen LogP) is 3.38. The molecule has 0 bridgehead atoms. The van der Waals surface area contributed by atoms with Crippen LogP contribution in [0, 0.1) is 18.3 Å². The van der Waals surface area contributed by atoms with Gasteiger partial charge in [-0.2, -0.15) is 22.7 Å². The summed E-state index contributed by atoms with van der Waals surface area (Å²) in [5.74, 6) is 0. The quantitative estimate of drug-likeness (QED) is 0.843. The van der Waals surface area contributed by atoms with Crippen molar-refractivity contribution in [2.45, 2.75) is 49.2 Å². The van der Waals surface area contributed by atoms with Crippen LogP contribution < -0.4 is 0 Å². The minimum absolute atomic E-state index is 0.184. The zero-order chi connectivity index (χ0) is 17.3. The molecule has 1 unspecified atom stereocenters. The highest BCUT2D eigenvalue weighted by molar-refractivity contribution is 7.89. The second kappa shape index (κ2) is 6.13. The lowest BCUT2D eigenvalue weighted by atomic mass is 9.85. The monoisotopic (exact) mass is 346 g/mol. The Morgan fingerprint density at radius 1 is 1.26 bits per heavy atom. The molecule has 2 rings (SSSR count). The van der Waals surface area contributed by atoms with Gasteiger partial charge < -0.3 is 0 Å². The van der Waals surface area contributed by atoms with E-state index in [0.717, 1.165) is 5.56 Å². The summed E-state index contributed by atoms with van der Waals surface area (Å²) < 4.78 is 67.0. The lowest BCUT2D eigenvalue weighted by molar-refractivity contribution is -0.223. The summed E-state index contributed by atoms with van der Waals surface area (Å²) in [5.41, 5.74) is -1.84. The average Bonchev–Trinajstić information content (AvgIpc) is 2.47. The Bertz CT molecular complexity index is 708. The molecule has 0 radical (unpaired) electrons. The fourth-order valence-corrected chi connectivity index (χ4v) is 4.71. The molecule has 0 amide bonds. The molecule has 4 nitrogen and oxygen atoms in total. The minimum atomic E-state index is -4.80. The summed E-state index contributed by atoms with van der Waals surface area (Å²) in [6.07, 6.45) is -5.52. The molecule has 1 aliphatic heterocycles. The van der Waals surface area contributed by atoms with Gasteiger partial charge in [-0.15, -0.1) is 0 Å². The van der Waals surface area contributed by atoms with Crippen molar-refractivity contribution >= 4 is 10.0 Å². The Morgan fingerprint density at radius 3 is 2.39 bits per heavy atom. The van der Waals surface area contributed by atoms with Gasteiger partial charge in [-0.3, -0.25) is 0 Å². The molecule has 0 spiro atoms. The van der Waals surface area contributed by atoms with E-state index in [1.807, 2.05) is 0 Å². The first-order valence-corrected chi connectivity index (χ1v) is 8.62. The fourth-order valence-electron chi connectivity index (χ4n) is 2.89. The molecular formula is C15H17F3N2O2S. The van der Waals surface area contributed by atoms with Crippen LogP contribution in [0.3, 0.4) is 0 Å². The highest BCUT2D eigenvalue weighted by Crippen LogP contribution is 2.46. The van der Waals surface area contributed by atoms with Crippen LogP contribution in [-0.2, 0) is 10.0 Å². The highest BCUT2D eigenvalue weighted by Gasteiger charge is 2.62. The predicted molar refractivity (Wildman–Crippen MR) is 77.9 cm³/mol. The SMILES string of the molecule is Cc1ccc(S(=O)(=O)N2CCCCC2(CC#N)C(F)(F)F)cc1. The van der Waals surface area contributed by atoms with Crippen LogP contribution >= 0.6 is 0 Å². The second-order valence-corrected chi connectivity index (χ2v) is 7.57. The van der Waals surface area contributed by atoms with Crippen LogP contribution in [0.5, 0.6) is 0 Å². The summed E-state index contributed by atoms with van der Waals surface area (Å²) in [6.45, 7) is 1.52. The first kappa shape index (κ1) is 17.8. The van der Waals surface area contributed by atoms with Gasteiger partial charge in [0.2, 0.25) is 10.0 Å². The third kappa shape index (κ3) is 3.08. The standard InChI is InChI=1S/C15H17F3N2O2S/c1-12-4-6-13(7-5-12)23(21,22)20-11-3-2-8-14(20,9-10-19)15(16,17)18/h4-7H,2-3,8-9,11H2,1H3. The van der Waals surface area contributed by atoms with E-state index in [2.05, 4.69) is 0 Å². The Kier molecular flexibility index (Phi) is 4.74. The summed E-state index contributed by atoms with van der Waals surface area (Å²) in [5, 5.41) is 8.87. The van der Waals surface area contributed by atoms with Crippen molar-refractivity contribution in [1.29, 1.82) is 5.26 Å². The van der Waals surface area contributed by atoms with Crippen LogP contribution in [0.2, 0.25) is 0 Å². The second-order valence-electron chi connectivity index (χ2n) is 5.71. The summed E-state index contributed by atoms with van der Waals surface area (Å²) in [4.78, 5) is -0.184. The van der Waals surface area contributed by atoms with Gasteiger partial charge in [0.05, 0.1) is 17.4 Å². The van der Waals surface area contributed by atoms with E-state index in [0.29, 0.717) is 10.7 Å². The van der Waals surface area contributed by atoms with Crippen molar-refractivity contribution in [3.63, 3.8) is 0 Å². The number of hydrogen-bond acceptors (Lipinski definition) is 3. The maximum atomic E-state index is 13.7. The molecule has 0 aliphatic carbocycles. The average molecular weight is 346 g/mol. The van der Waals surface area contributed by atoms with Gasteiger partial charge in [0.1, 0.15) is 5.54 Å². The first-order chi connectivity index (χ1) is 10.6. The maximum absolute atomic E-state index is 13.7. The van der Waals surface area contributed by atoms with Crippen molar-refractivity contribution in [3.8, 4) is 6.07 Å². The molecule has 0 N–H and O–H groups in total. The lowest BCUT2D eigenvalue weighted by Crippen LogP contribution is -2.62. The van der Waals surface area contributed by atoms with Gasteiger partial charge in [0.25, 0.3) is 0 Å². The number of alkyl halides is 3. The highest BCUT2D eigenvalue weighted by atomic mass is 32.2. The molecule has 1 aliphatic rings. The van der Waals surface area contributed by atoms with E-state index >= 15 is 0 Å². The summed E-state index contributed by atoms with van der Waals surface area (Å²) in [6, 6.07) is 7.19. The van der Waals surface area contributed by atoms with Crippen molar-refractivity contribution in [1.82, 2.24) is 4.31 Å². The number of benzene rings is 1. The number of rotatable bonds is 3. The van der Waals surface area contributed by atoms with E-state index in [1.54, 1.807) is 6.92 Å². The van der Waals surface area contributed by atoms with E-state index < -0.39 is 34.6 Å². The van der Waals surface area contributed by atoms with Crippen molar-refractivity contribution in [2.75, 3.05) is 6.54 Å². The van der Waals surface area contributed by atoms with Crippen LogP contribution in [0.15, 0.2) is 29.2 Å². The molecule has 1 saturated heterocycles. The molecule has 126 valence electrons. The van der Waals surface area contributed by atoms with Gasteiger partial charge in [-0.05, 0) is 38.3 Å². The number of halogens is 3. The van der Waals surface area contributed by atoms with E-state index in [1.165, 1.54) is 30.3 Å². The molecule has 1 atom stereocenters. The maximum Gasteiger partial charge on any atom is 0.408 e. The van der Waals surface area contributed by atoms with Crippen LogP contribution in [0.25, 0.3) is 0 Å². The van der Waals surface area contributed by atoms with Crippen molar-refractivity contribution in [3.05, 3.63) is 29.8 Å². The largest absolute Gasteiger partial charge is 0.408 e. The number of sulfonamides is 1. The molecule has 23 heavy (non-hydrogen) atoms. The Labute approximate surface area is 133 Å². The number of nitrogens with zero attached hydrogens (tertiary/aromatic N) is 2. The van der Waals surface area contributed by atoms with E-state index in [-0.39, 0.29) is 17.9 Å². The van der Waals surface area contributed by atoms with Crippen LogP contribution in [-0.4, -0.2) is 31.0 Å². The molecular weight excluding hydrogens is 329 g/mol. The molecule has 1 fully saturated rings. The smallest absolute Gasteiger partial charge is 0.207 e. The Hall–Kier alpha value is -1.59. The van der Waals surface area contributed by atoms with Crippen molar-refractivity contribution in [2.24, 2.45) is 0 Å².